The summed E-state index contributed by atoms with van der Waals surface area (Å²) in [4.78, 5) is 0. The van der Waals surface area contributed by atoms with Crippen molar-refractivity contribution in [2.75, 3.05) is 12.3 Å². The summed E-state index contributed by atoms with van der Waals surface area (Å²) in [7, 11) is -0.0505. The quantitative estimate of drug-likeness (QED) is 0.574. The van der Waals surface area contributed by atoms with E-state index in [0.717, 1.165) is 0 Å². The molecule has 0 aromatic rings. The predicted octanol–water partition coefficient (Wildman–Crippen LogP) is 2.61. The molecule has 0 saturated heterocycles. The highest BCUT2D eigenvalue weighted by molar-refractivity contribution is 7.57. The van der Waals surface area contributed by atoms with E-state index >= 15 is 0 Å². The van der Waals surface area contributed by atoms with Crippen molar-refractivity contribution < 1.29 is 0 Å². The number of unbranched alkanes of at least 4 members (excludes halogenated alkanes) is 1. The summed E-state index contributed by atoms with van der Waals surface area (Å²) in [5, 5.41) is 8.38. The first kappa shape index (κ1) is 9.66. The topological polar surface area (TPSA) is 23.8 Å². The van der Waals surface area contributed by atoms with Crippen LogP contribution in [-0.4, -0.2) is 18.1 Å². The Morgan fingerprint density at radius 1 is 1.50 bits per heavy atom. The molecule has 1 nitrogen and oxygen atoms in total. The monoisotopic (exact) mass is 156 g/mol. The van der Waals surface area contributed by atoms with Crippen molar-refractivity contribution in [3.05, 3.63) is 0 Å². The van der Waals surface area contributed by atoms with Gasteiger partial charge in [-0.15, -0.1) is 0 Å². The van der Waals surface area contributed by atoms with Crippen molar-refractivity contribution in [1.82, 2.24) is 0 Å². The van der Waals surface area contributed by atoms with Gasteiger partial charge in [0.15, 0.2) is 5.80 Å². The van der Waals surface area contributed by atoms with E-state index < -0.39 is 0 Å². The van der Waals surface area contributed by atoms with Crippen LogP contribution in [-0.2, 0) is 0 Å². The minimum absolute atomic E-state index is 0.0505. The largest absolute Gasteiger partial charge is 0.189 e. The number of hydrogen-bond acceptors (Lipinski definition) is 1. The molecule has 0 aromatic carbocycles. The zero-order chi connectivity index (χ0) is 7.82. The number of hydrogen-bond donors (Lipinski definition) is 0. The van der Waals surface area contributed by atoms with E-state index in [4.69, 9.17) is 5.26 Å². The summed E-state index contributed by atoms with van der Waals surface area (Å²) in [5.74, 6) is 1.82. The molecule has 0 radical (unpaired) electrons. The molecular formula is C8H15NP+. The Balaban J connectivity index is 3.63. The molecule has 1 atom stereocenters. The first-order chi connectivity index (χ1) is 4.85. The number of nitriles is 1. The maximum absolute atomic E-state index is 8.38. The minimum Gasteiger partial charge on any atom is -0.189 e. The highest BCUT2D eigenvalue weighted by atomic mass is 31.1. The Morgan fingerprint density at radius 3 is 2.60 bits per heavy atom. The molecule has 10 heavy (non-hydrogen) atoms. The summed E-state index contributed by atoms with van der Waals surface area (Å²) in [6.45, 7) is 4.35. The predicted molar refractivity (Wildman–Crippen MR) is 48.9 cm³/mol. The third-order valence-electron chi connectivity index (χ3n) is 1.45. The molecule has 1 unspecified atom stereocenters. The van der Waals surface area contributed by atoms with Gasteiger partial charge in [-0.3, -0.25) is 0 Å². The molecule has 0 rings (SSSR count). The standard InChI is InChI=1S/C8H15NP/c1-3-5-7-10(4-2)8-6-9/h8H,3-5,7H2,1-2H3/q+1. The molecule has 2 heteroatoms. The van der Waals surface area contributed by atoms with Gasteiger partial charge < -0.3 is 0 Å². The Hall–Kier alpha value is -0.340. The highest BCUT2D eigenvalue weighted by Crippen LogP contribution is 2.21. The average Bonchev–Trinajstić information content (AvgIpc) is 1.98. The molecule has 0 aromatic heterocycles. The second-order valence-corrected chi connectivity index (χ2v) is 4.76. The second-order valence-electron chi connectivity index (χ2n) is 2.24. The molecule has 0 amide bonds. The van der Waals surface area contributed by atoms with Gasteiger partial charge in [-0.05, 0) is 13.3 Å². The molecule has 0 N–H and O–H groups in total. The van der Waals surface area contributed by atoms with Crippen LogP contribution in [0.1, 0.15) is 26.7 Å². The Morgan fingerprint density at radius 2 is 2.20 bits per heavy atom. The van der Waals surface area contributed by atoms with Gasteiger partial charge in [0.2, 0.25) is 0 Å². The zero-order valence-electron chi connectivity index (χ0n) is 6.80. The van der Waals surface area contributed by atoms with Gasteiger partial charge in [-0.25, -0.2) is 0 Å². The zero-order valence-corrected chi connectivity index (χ0v) is 7.69. The van der Waals surface area contributed by atoms with Crippen LogP contribution in [0.25, 0.3) is 0 Å². The first-order valence-electron chi connectivity index (χ1n) is 3.82. The van der Waals surface area contributed by atoms with Gasteiger partial charge in [-0.1, -0.05) is 13.3 Å². The van der Waals surface area contributed by atoms with Crippen LogP contribution >= 0.6 is 7.55 Å². The van der Waals surface area contributed by atoms with Crippen molar-refractivity contribution in [2.45, 2.75) is 26.7 Å². The number of nitrogens with zero attached hydrogens (tertiary/aromatic N) is 1. The molecule has 0 saturated carbocycles. The molecular weight excluding hydrogens is 141 g/mol. The summed E-state index contributed by atoms with van der Waals surface area (Å²) in [6.07, 6.45) is 4.94. The van der Waals surface area contributed by atoms with E-state index in [1.807, 2.05) is 5.80 Å². The van der Waals surface area contributed by atoms with E-state index in [1.165, 1.54) is 25.2 Å². The average molecular weight is 156 g/mol. The van der Waals surface area contributed by atoms with Gasteiger partial charge >= 0.3 is 0 Å². The van der Waals surface area contributed by atoms with Gasteiger partial charge in [0, 0.05) is 0 Å². The third-order valence-corrected chi connectivity index (χ3v) is 3.63. The minimum atomic E-state index is -0.0505. The molecule has 0 aliphatic heterocycles. The van der Waals surface area contributed by atoms with Crippen LogP contribution in [0.2, 0.25) is 0 Å². The Bertz CT molecular complexity index is 144. The summed E-state index contributed by atoms with van der Waals surface area (Å²) in [6, 6.07) is 2.13. The van der Waals surface area contributed by atoms with Crippen molar-refractivity contribution in [3.63, 3.8) is 0 Å². The molecule has 0 aliphatic carbocycles. The SMILES string of the molecule is CCCC[P+](=CC#N)CC. The molecule has 0 bridgehead atoms. The summed E-state index contributed by atoms with van der Waals surface area (Å²) in [5.41, 5.74) is 0. The van der Waals surface area contributed by atoms with Crippen LogP contribution < -0.4 is 0 Å². The lowest BCUT2D eigenvalue weighted by Crippen LogP contribution is -1.81. The fourth-order valence-corrected chi connectivity index (χ4v) is 2.27. The van der Waals surface area contributed by atoms with Crippen LogP contribution in [0.4, 0.5) is 0 Å². The van der Waals surface area contributed by atoms with Crippen LogP contribution in [0.5, 0.6) is 0 Å². The van der Waals surface area contributed by atoms with E-state index in [9.17, 15) is 0 Å². The van der Waals surface area contributed by atoms with Gasteiger partial charge in [0.1, 0.15) is 25.9 Å². The van der Waals surface area contributed by atoms with Crippen LogP contribution in [0, 0.1) is 11.3 Å². The van der Waals surface area contributed by atoms with Crippen LogP contribution in [0.15, 0.2) is 0 Å². The summed E-state index contributed by atoms with van der Waals surface area (Å²) < 4.78 is 0. The second kappa shape index (κ2) is 6.78. The maximum atomic E-state index is 8.38. The van der Waals surface area contributed by atoms with Gasteiger partial charge in [-0.2, -0.15) is 5.26 Å². The van der Waals surface area contributed by atoms with E-state index in [0.29, 0.717) is 0 Å². The van der Waals surface area contributed by atoms with Crippen molar-refractivity contribution >= 4 is 13.3 Å². The van der Waals surface area contributed by atoms with Crippen LogP contribution in [0.3, 0.4) is 0 Å². The highest BCUT2D eigenvalue weighted by Gasteiger charge is 2.03. The molecule has 0 heterocycles. The summed E-state index contributed by atoms with van der Waals surface area (Å²) >= 11 is 0. The first-order valence-corrected chi connectivity index (χ1v) is 5.60. The lowest BCUT2D eigenvalue weighted by molar-refractivity contribution is 0.893. The smallest absolute Gasteiger partial charge is 0.184 e. The van der Waals surface area contributed by atoms with Crippen molar-refractivity contribution in [1.29, 1.82) is 5.26 Å². The van der Waals surface area contributed by atoms with Gasteiger partial charge in [0.25, 0.3) is 0 Å². The number of rotatable bonds is 4. The molecule has 0 spiro atoms. The lowest BCUT2D eigenvalue weighted by atomic mass is 10.4. The third kappa shape index (κ3) is 4.53. The normalized spacial score (nSPS) is 11.1. The fraction of sp³-hybridized carbons (Fsp3) is 0.750. The van der Waals surface area contributed by atoms with E-state index in [1.54, 1.807) is 0 Å². The van der Waals surface area contributed by atoms with Crippen molar-refractivity contribution in [2.24, 2.45) is 0 Å². The lowest BCUT2D eigenvalue weighted by Gasteiger charge is -1.87. The van der Waals surface area contributed by atoms with Gasteiger partial charge in [0.05, 0.1) is 0 Å². The molecule has 56 valence electrons. The van der Waals surface area contributed by atoms with E-state index in [2.05, 4.69) is 19.9 Å². The Labute approximate surface area is 64.4 Å². The Kier molecular flexibility index (Phi) is 6.55. The van der Waals surface area contributed by atoms with Crippen molar-refractivity contribution in [3.8, 4) is 6.07 Å². The van der Waals surface area contributed by atoms with E-state index in [-0.39, 0.29) is 7.55 Å². The molecule has 0 aliphatic rings. The maximum Gasteiger partial charge on any atom is 0.184 e. The molecule has 0 fully saturated rings. The fourth-order valence-electron chi connectivity index (χ4n) is 0.757.